The van der Waals surface area contributed by atoms with Gasteiger partial charge < -0.3 is 10.3 Å². The zero-order valence-electron chi connectivity index (χ0n) is 12.7. The molecule has 2 N–H and O–H groups in total. The minimum Gasteiger partial charge on any atom is -0.343 e. The van der Waals surface area contributed by atoms with Crippen molar-refractivity contribution in [3.63, 3.8) is 0 Å². The summed E-state index contributed by atoms with van der Waals surface area (Å²) in [7, 11) is 1.95. The third kappa shape index (κ3) is 2.85. The van der Waals surface area contributed by atoms with E-state index in [0.717, 1.165) is 19.4 Å². The van der Waals surface area contributed by atoms with Crippen LogP contribution in [0.1, 0.15) is 24.5 Å². The van der Waals surface area contributed by atoms with Crippen molar-refractivity contribution in [2.24, 2.45) is 12.8 Å². The first-order valence-electron chi connectivity index (χ1n) is 7.47. The molecule has 3 aromatic rings. The Bertz CT molecular complexity index is 738. The maximum atomic E-state index is 6.14. The van der Waals surface area contributed by atoms with Crippen LogP contribution in [-0.4, -0.2) is 20.4 Å². The Kier molecular flexibility index (Phi) is 3.80. The Morgan fingerprint density at radius 3 is 2.76 bits per heavy atom. The van der Waals surface area contributed by atoms with Gasteiger partial charge >= 0.3 is 0 Å². The van der Waals surface area contributed by atoms with Gasteiger partial charge in [-0.3, -0.25) is 4.68 Å². The van der Waals surface area contributed by atoms with Gasteiger partial charge in [0.15, 0.2) is 0 Å². The third-order valence-electron chi connectivity index (χ3n) is 3.99. The maximum Gasteiger partial charge on any atom is 0.0539 e. The van der Waals surface area contributed by atoms with Crippen LogP contribution in [0, 0.1) is 0 Å². The molecule has 0 saturated carbocycles. The van der Waals surface area contributed by atoms with Crippen LogP contribution >= 0.6 is 0 Å². The summed E-state index contributed by atoms with van der Waals surface area (Å²) in [6, 6.07) is 8.77. The summed E-state index contributed by atoms with van der Waals surface area (Å²) >= 11 is 0. The minimum absolute atomic E-state index is 0.225. The van der Waals surface area contributed by atoms with Crippen molar-refractivity contribution in [3.8, 4) is 0 Å². The Morgan fingerprint density at radius 2 is 2.05 bits per heavy atom. The number of aryl methyl sites for hydroxylation is 1. The summed E-state index contributed by atoms with van der Waals surface area (Å²) in [5.74, 6) is 0. The summed E-state index contributed by atoms with van der Waals surface area (Å²) in [6.07, 6.45) is 8.16. The SMILES string of the molecule is CCC(N)Cc1cn(Cc2cnn(C)c2)c2ccccc12. The van der Waals surface area contributed by atoms with Gasteiger partial charge in [0.05, 0.1) is 12.7 Å². The molecule has 4 heteroatoms. The lowest BCUT2D eigenvalue weighted by Crippen LogP contribution is -2.21. The van der Waals surface area contributed by atoms with Crippen molar-refractivity contribution in [3.05, 3.63) is 54.0 Å². The highest BCUT2D eigenvalue weighted by Crippen LogP contribution is 2.23. The van der Waals surface area contributed by atoms with E-state index in [0.29, 0.717) is 0 Å². The van der Waals surface area contributed by atoms with E-state index >= 15 is 0 Å². The van der Waals surface area contributed by atoms with E-state index in [1.54, 1.807) is 0 Å². The molecule has 0 radical (unpaired) electrons. The molecule has 2 heterocycles. The Morgan fingerprint density at radius 1 is 1.24 bits per heavy atom. The number of nitrogens with zero attached hydrogens (tertiary/aromatic N) is 3. The largest absolute Gasteiger partial charge is 0.343 e. The standard InChI is InChI=1S/C17H22N4/c1-3-15(18)8-14-12-21(11-13-9-19-20(2)10-13)17-7-5-4-6-16(14)17/h4-7,9-10,12,15H,3,8,11,18H2,1-2H3. The highest BCUT2D eigenvalue weighted by atomic mass is 15.2. The third-order valence-corrected chi connectivity index (χ3v) is 3.99. The van der Waals surface area contributed by atoms with Gasteiger partial charge in [0, 0.05) is 41.9 Å². The molecule has 0 spiro atoms. The molecular formula is C17H22N4. The fourth-order valence-corrected chi connectivity index (χ4v) is 2.79. The molecule has 21 heavy (non-hydrogen) atoms. The molecule has 0 fully saturated rings. The Hall–Kier alpha value is -2.07. The highest BCUT2D eigenvalue weighted by molar-refractivity contribution is 5.84. The molecule has 0 aliphatic rings. The molecule has 0 bridgehead atoms. The number of benzene rings is 1. The lowest BCUT2D eigenvalue weighted by atomic mass is 10.0. The van der Waals surface area contributed by atoms with Crippen molar-refractivity contribution >= 4 is 10.9 Å². The van der Waals surface area contributed by atoms with Crippen LogP contribution in [0.5, 0.6) is 0 Å². The molecule has 4 nitrogen and oxygen atoms in total. The van der Waals surface area contributed by atoms with E-state index in [1.807, 2.05) is 17.9 Å². The fraction of sp³-hybridized carbons (Fsp3) is 0.353. The predicted molar refractivity (Wildman–Crippen MR) is 86.2 cm³/mol. The van der Waals surface area contributed by atoms with E-state index in [-0.39, 0.29) is 6.04 Å². The van der Waals surface area contributed by atoms with Crippen molar-refractivity contribution in [1.29, 1.82) is 0 Å². The lowest BCUT2D eigenvalue weighted by molar-refractivity contribution is 0.646. The average molecular weight is 282 g/mol. The molecule has 2 aromatic heterocycles. The van der Waals surface area contributed by atoms with E-state index in [9.17, 15) is 0 Å². The van der Waals surface area contributed by atoms with E-state index in [2.05, 4.69) is 53.2 Å². The van der Waals surface area contributed by atoms with Crippen LogP contribution in [0.3, 0.4) is 0 Å². The summed E-state index contributed by atoms with van der Waals surface area (Å²) < 4.78 is 4.14. The topological polar surface area (TPSA) is 48.8 Å². The van der Waals surface area contributed by atoms with Crippen LogP contribution in [0.25, 0.3) is 10.9 Å². The van der Waals surface area contributed by atoms with Gasteiger partial charge in [-0.15, -0.1) is 0 Å². The van der Waals surface area contributed by atoms with Gasteiger partial charge in [0.25, 0.3) is 0 Å². The van der Waals surface area contributed by atoms with Crippen molar-refractivity contribution < 1.29 is 0 Å². The van der Waals surface area contributed by atoms with Crippen molar-refractivity contribution in [2.75, 3.05) is 0 Å². The van der Waals surface area contributed by atoms with Crippen molar-refractivity contribution in [1.82, 2.24) is 14.3 Å². The molecule has 3 rings (SSSR count). The Labute approximate surface area is 125 Å². The monoisotopic (exact) mass is 282 g/mol. The van der Waals surface area contributed by atoms with Gasteiger partial charge in [-0.1, -0.05) is 25.1 Å². The summed E-state index contributed by atoms with van der Waals surface area (Å²) in [5, 5.41) is 5.56. The number of nitrogens with two attached hydrogens (primary N) is 1. The van der Waals surface area contributed by atoms with Crippen molar-refractivity contribution in [2.45, 2.75) is 32.4 Å². The van der Waals surface area contributed by atoms with Crippen LogP contribution in [0.4, 0.5) is 0 Å². The number of para-hydroxylation sites is 1. The molecule has 0 amide bonds. The van der Waals surface area contributed by atoms with Crippen LogP contribution in [0.2, 0.25) is 0 Å². The van der Waals surface area contributed by atoms with E-state index in [1.165, 1.54) is 22.0 Å². The molecule has 1 aromatic carbocycles. The van der Waals surface area contributed by atoms with Gasteiger partial charge in [-0.25, -0.2) is 0 Å². The molecule has 0 aliphatic heterocycles. The summed E-state index contributed by atoms with van der Waals surface area (Å²) in [5.41, 5.74) is 9.95. The van der Waals surface area contributed by atoms with Gasteiger partial charge in [-0.05, 0) is 24.5 Å². The van der Waals surface area contributed by atoms with Gasteiger partial charge in [-0.2, -0.15) is 5.10 Å². The average Bonchev–Trinajstić information content (AvgIpc) is 3.04. The molecular weight excluding hydrogens is 260 g/mol. The maximum absolute atomic E-state index is 6.14. The molecule has 0 aliphatic carbocycles. The lowest BCUT2D eigenvalue weighted by Gasteiger charge is -2.06. The highest BCUT2D eigenvalue weighted by Gasteiger charge is 2.11. The second-order valence-electron chi connectivity index (χ2n) is 5.69. The molecule has 1 atom stereocenters. The predicted octanol–water partition coefficient (Wildman–Crippen LogP) is 2.70. The summed E-state index contributed by atoms with van der Waals surface area (Å²) in [4.78, 5) is 0. The first kappa shape index (κ1) is 13.9. The second-order valence-corrected chi connectivity index (χ2v) is 5.69. The zero-order chi connectivity index (χ0) is 14.8. The smallest absolute Gasteiger partial charge is 0.0539 e. The number of rotatable bonds is 5. The van der Waals surface area contributed by atoms with Gasteiger partial charge in [0.2, 0.25) is 0 Å². The van der Waals surface area contributed by atoms with Crippen LogP contribution in [0.15, 0.2) is 42.9 Å². The van der Waals surface area contributed by atoms with Crippen LogP contribution < -0.4 is 5.73 Å². The number of aromatic nitrogens is 3. The van der Waals surface area contributed by atoms with E-state index in [4.69, 9.17) is 5.73 Å². The second kappa shape index (κ2) is 5.74. The van der Waals surface area contributed by atoms with E-state index < -0.39 is 0 Å². The molecule has 110 valence electrons. The van der Waals surface area contributed by atoms with Gasteiger partial charge in [0.1, 0.15) is 0 Å². The first-order valence-corrected chi connectivity index (χ1v) is 7.47. The molecule has 1 unspecified atom stereocenters. The zero-order valence-corrected chi connectivity index (χ0v) is 12.7. The number of hydrogen-bond donors (Lipinski definition) is 1. The summed E-state index contributed by atoms with van der Waals surface area (Å²) in [6.45, 7) is 2.98. The number of fused-ring (bicyclic) bond motifs is 1. The normalized spacial score (nSPS) is 12.9. The Balaban J connectivity index is 1.98. The minimum atomic E-state index is 0.225. The van der Waals surface area contributed by atoms with Crippen LogP contribution in [-0.2, 0) is 20.0 Å². The molecule has 0 saturated heterocycles. The fourth-order valence-electron chi connectivity index (χ4n) is 2.79. The number of hydrogen-bond acceptors (Lipinski definition) is 2. The first-order chi connectivity index (χ1) is 10.2. The quantitative estimate of drug-likeness (QED) is 0.782.